The molecular formula is C16H26F3NO. The van der Waals surface area contributed by atoms with Crippen molar-refractivity contribution >= 4 is 0 Å². The Morgan fingerprint density at radius 3 is 2.67 bits per heavy atom. The number of ether oxygens (including phenoxy) is 1. The van der Waals surface area contributed by atoms with E-state index in [4.69, 9.17) is 4.74 Å². The second-order valence-electron chi connectivity index (χ2n) is 6.13. The highest BCUT2D eigenvalue weighted by Gasteiger charge is 2.48. The monoisotopic (exact) mass is 305 g/mol. The van der Waals surface area contributed by atoms with E-state index in [1.807, 2.05) is 13.0 Å². The Bertz CT molecular complexity index is 354. The first-order valence-electron chi connectivity index (χ1n) is 8.17. The Balaban J connectivity index is 2.18. The third kappa shape index (κ3) is 4.38. The molecule has 0 spiro atoms. The van der Waals surface area contributed by atoms with Gasteiger partial charge in [-0.05, 0) is 50.6 Å². The lowest BCUT2D eigenvalue weighted by Crippen LogP contribution is -2.47. The molecule has 2 aliphatic rings. The molecule has 2 rings (SSSR count). The molecule has 2 nitrogen and oxygen atoms in total. The minimum Gasteiger partial charge on any atom is -0.497 e. The summed E-state index contributed by atoms with van der Waals surface area (Å²) in [4.78, 5) is 0. The normalized spacial score (nSPS) is 28.7. The molecule has 1 fully saturated rings. The Hall–Kier alpha value is -0.710. The van der Waals surface area contributed by atoms with Crippen LogP contribution < -0.4 is 5.32 Å². The van der Waals surface area contributed by atoms with Gasteiger partial charge in [0.25, 0.3) is 0 Å². The molecule has 0 aromatic rings. The molecule has 1 aliphatic carbocycles. The van der Waals surface area contributed by atoms with E-state index in [-0.39, 0.29) is 12.5 Å². The third-order valence-corrected chi connectivity index (χ3v) is 4.55. The average molecular weight is 305 g/mol. The molecule has 0 amide bonds. The molecule has 5 heteroatoms. The van der Waals surface area contributed by atoms with Crippen molar-refractivity contribution in [1.82, 2.24) is 5.32 Å². The molecule has 1 heterocycles. The van der Waals surface area contributed by atoms with E-state index in [0.29, 0.717) is 19.4 Å². The van der Waals surface area contributed by atoms with Crippen molar-refractivity contribution < 1.29 is 17.9 Å². The van der Waals surface area contributed by atoms with Crippen LogP contribution >= 0.6 is 0 Å². The van der Waals surface area contributed by atoms with Gasteiger partial charge in [0.1, 0.15) is 5.76 Å². The summed E-state index contributed by atoms with van der Waals surface area (Å²) >= 11 is 0. The zero-order chi connectivity index (χ0) is 15.3. The summed E-state index contributed by atoms with van der Waals surface area (Å²) in [6.45, 7) is 3.38. The quantitative estimate of drug-likeness (QED) is 0.812. The number of alkyl halides is 3. The lowest BCUT2D eigenvalue weighted by molar-refractivity contribution is -0.199. The Labute approximate surface area is 125 Å². The number of hydrogen-bond donors (Lipinski definition) is 1. The van der Waals surface area contributed by atoms with Crippen molar-refractivity contribution in [1.29, 1.82) is 0 Å². The fourth-order valence-corrected chi connectivity index (χ4v) is 3.52. The highest BCUT2D eigenvalue weighted by molar-refractivity contribution is 5.09. The third-order valence-electron chi connectivity index (χ3n) is 4.55. The van der Waals surface area contributed by atoms with Gasteiger partial charge < -0.3 is 10.1 Å². The van der Waals surface area contributed by atoms with Crippen molar-refractivity contribution in [3.8, 4) is 0 Å². The van der Waals surface area contributed by atoms with Crippen LogP contribution in [0.1, 0.15) is 51.9 Å². The summed E-state index contributed by atoms with van der Waals surface area (Å²) in [7, 11) is 0. The average Bonchev–Trinajstić information content (AvgIpc) is 2.48. The molecular weight excluding hydrogens is 279 g/mol. The predicted molar refractivity (Wildman–Crippen MR) is 76.9 cm³/mol. The van der Waals surface area contributed by atoms with Crippen molar-refractivity contribution in [3.05, 3.63) is 11.8 Å². The van der Waals surface area contributed by atoms with E-state index in [1.165, 1.54) is 0 Å². The van der Waals surface area contributed by atoms with Crippen LogP contribution in [0, 0.1) is 11.8 Å². The molecule has 3 unspecified atom stereocenters. The molecule has 0 aromatic carbocycles. The van der Waals surface area contributed by atoms with Crippen LogP contribution in [0.5, 0.6) is 0 Å². The van der Waals surface area contributed by atoms with Crippen molar-refractivity contribution in [2.24, 2.45) is 11.8 Å². The first-order valence-corrected chi connectivity index (χ1v) is 8.17. The fraction of sp³-hybridized carbons (Fsp3) is 0.875. The van der Waals surface area contributed by atoms with Gasteiger partial charge in [0, 0.05) is 0 Å². The van der Waals surface area contributed by atoms with Gasteiger partial charge in [-0.15, -0.1) is 0 Å². The zero-order valence-corrected chi connectivity index (χ0v) is 12.7. The first-order chi connectivity index (χ1) is 10.0. The van der Waals surface area contributed by atoms with Crippen LogP contribution in [0.3, 0.4) is 0 Å². The number of rotatable bonds is 5. The summed E-state index contributed by atoms with van der Waals surface area (Å²) in [5.74, 6) is -0.850. The van der Waals surface area contributed by atoms with Gasteiger partial charge in [-0.3, -0.25) is 0 Å². The molecule has 0 radical (unpaired) electrons. The van der Waals surface area contributed by atoms with E-state index in [1.54, 1.807) is 0 Å². The van der Waals surface area contributed by atoms with Gasteiger partial charge in [0.15, 0.2) is 0 Å². The number of halogens is 3. The standard InChI is InChI=1S/C16H26F3NO/c1-2-10-20-15(14-9-5-6-11-21-14)12-7-3-4-8-13(12)16(17,18)19/h9,12-13,15,20H,2-8,10-11H2,1H3. The van der Waals surface area contributed by atoms with E-state index < -0.39 is 18.0 Å². The van der Waals surface area contributed by atoms with Gasteiger partial charge in [-0.25, -0.2) is 0 Å². The van der Waals surface area contributed by atoms with Gasteiger partial charge in [0.2, 0.25) is 0 Å². The second-order valence-corrected chi connectivity index (χ2v) is 6.13. The van der Waals surface area contributed by atoms with Gasteiger partial charge in [-0.1, -0.05) is 19.8 Å². The molecule has 0 aromatic heterocycles. The summed E-state index contributed by atoms with van der Waals surface area (Å²) < 4.78 is 45.7. The van der Waals surface area contributed by atoms with E-state index >= 15 is 0 Å². The lowest BCUT2D eigenvalue weighted by Gasteiger charge is -2.39. The maximum Gasteiger partial charge on any atom is 0.392 e. The maximum atomic E-state index is 13.4. The first kappa shape index (κ1) is 16.7. The smallest absolute Gasteiger partial charge is 0.392 e. The van der Waals surface area contributed by atoms with Gasteiger partial charge in [-0.2, -0.15) is 13.2 Å². The minimum atomic E-state index is -4.10. The number of allylic oxidation sites excluding steroid dienone is 1. The van der Waals surface area contributed by atoms with Crippen LogP contribution in [0.4, 0.5) is 13.2 Å². The Morgan fingerprint density at radius 2 is 2.05 bits per heavy atom. The number of hydrogen-bond acceptors (Lipinski definition) is 2. The van der Waals surface area contributed by atoms with Gasteiger partial charge >= 0.3 is 6.18 Å². The summed E-state index contributed by atoms with van der Waals surface area (Å²) in [6, 6.07) is -0.280. The fourth-order valence-electron chi connectivity index (χ4n) is 3.52. The molecule has 1 N–H and O–H groups in total. The SMILES string of the molecule is CCCNC(C1=CCCCO1)C1CCCCC1C(F)(F)F. The van der Waals surface area contributed by atoms with E-state index in [0.717, 1.165) is 38.0 Å². The van der Waals surface area contributed by atoms with Crippen molar-refractivity contribution in [3.63, 3.8) is 0 Å². The zero-order valence-electron chi connectivity index (χ0n) is 12.7. The summed E-state index contributed by atoms with van der Waals surface area (Å²) in [5, 5.41) is 3.32. The predicted octanol–water partition coefficient (Wildman–Crippen LogP) is 4.42. The second kappa shape index (κ2) is 7.52. The lowest BCUT2D eigenvalue weighted by atomic mass is 9.74. The highest BCUT2D eigenvalue weighted by Crippen LogP contribution is 2.44. The molecule has 122 valence electrons. The number of nitrogens with one attached hydrogen (secondary N) is 1. The van der Waals surface area contributed by atoms with Gasteiger partial charge in [0.05, 0.1) is 18.6 Å². The molecule has 0 bridgehead atoms. The van der Waals surface area contributed by atoms with E-state index in [2.05, 4.69) is 5.32 Å². The summed E-state index contributed by atoms with van der Waals surface area (Å²) in [6.07, 6.45) is 3.10. The summed E-state index contributed by atoms with van der Waals surface area (Å²) in [5.41, 5.74) is 0. The van der Waals surface area contributed by atoms with Crippen LogP contribution in [0.25, 0.3) is 0 Å². The molecule has 0 saturated heterocycles. The van der Waals surface area contributed by atoms with E-state index in [9.17, 15) is 13.2 Å². The van der Waals surface area contributed by atoms with Crippen LogP contribution in [-0.2, 0) is 4.74 Å². The largest absolute Gasteiger partial charge is 0.497 e. The molecule has 21 heavy (non-hydrogen) atoms. The van der Waals surface area contributed by atoms with Crippen molar-refractivity contribution in [2.75, 3.05) is 13.2 Å². The maximum absolute atomic E-state index is 13.4. The van der Waals surface area contributed by atoms with Crippen LogP contribution in [0.15, 0.2) is 11.8 Å². The van der Waals surface area contributed by atoms with Crippen LogP contribution in [-0.4, -0.2) is 25.4 Å². The molecule has 1 aliphatic heterocycles. The Morgan fingerprint density at radius 1 is 1.29 bits per heavy atom. The minimum absolute atomic E-state index is 0.256. The molecule has 3 atom stereocenters. The Kier molecular flexibility index (Phi) is 5.97. The van der Waals surface area contributed by atoms with Crippen LogP contribution in [0.2, 0.25) is 0 Å². The topological polar surface area (TPSA) is 21.3 Å². The highest BCUT2D eigenvalue weighted by atomic mass is 19.4. The molecule has 1 saturated carbocycles. The van der Waals surface area contributed by atoms with Crippen molar-refractivity contribution in [2.45, 2.75) is 64.1 Å².